The average molecular weight is 250 g/mol. The fraction of sp³-hybridized carbons (Fsp3) is 0.308. The van der Waals surface area contributed by atoms with Gasteiger partial charge in [-0.25, -0.2) is 9.07 Å². The summed E-state index contributed by atoms with van der Waals surface area (Å²) in [6.07, 6.45) is 0.695. The highest BCUT2D eigenvalue weighted by Gasteiger charge is 2.17. The van der Waals surface area contributed by atoms with E-state index in [4.69, 9.17) is 4.74 Å². The minimum atomic E-state index is -0.303. The highest BCUT2D eigenvalue weighted by molar-refractivity contribution is 5.41. The van der Waals surface area contributed by atoms with Crippen LogP contribution in [0.4, 0.5) is 4.39 Å². The Labute approximate surface area is 105 Å². The summed E-state index contributed by atoms with van der Waals surface area (Å²) in [4.78, 5) is 0. The van der Waals surface area contributed by atoms with Crippen molar-refractivity contribution in [3.8, 4) is 11.6 Å². The molecule has 0 aliphatic carbocycles. The van der Waals surface area contributed by atoms with Crippen LogP contribution in [0, 0.1) is 5.82 Å². The zero-order chi connectivity index (χ0) is 13.1. The molecule has 2 aromatic rings. The van der Waals surface area contributed by atoms with E-state index in [1.165, 1.54) is 19.2 Å². The van der Waals surface area contributed by atoms with Crippen LogP contribution in [-0.4, -0.2) is 22.0 Å². The second kappa shape index (κ2) is 5.18. The molecule has 1 aromatic carbocycles. The van der Waals surface area contributed by atoms with Crippen molar-refractivity contribution in [1.29, 1.82) is 0 Å². The minimum Gasteiger partial charge on any atom is -0.481 e. The summed E-state index contributed by atoms with van der Waals surface area (Å²) in [5.74, 6) is 0.184. The number of hydrogen-bond acceptors (Lipinski definition) is 3. The molecule has 0 amide bonds. The van der Waals surface area contributed by atoms with Crippen molar-refractivity contribution in [1.82, 2.24) is 9.78 Å². The number of rotatable bonds is 4. The lowest BCUT2D eigenvalue weighted by molar-refractivity contribution is 0.271. The molecule has 2 rings (SSSR count). The van der Waals surface area contributed by atoms with Gasteiger partial charge in [0.2, 0.25) is 5.88 Å². The molecular formula is C13H15FN2O2. The van der Waals surface area contributed by atoms with Crippen LogP contribution in [-0.2, 0) is 13.0 Å². The van der Waals surface area contributed by atoms with E-state index < -0.39 is 0 Å². The number of aliphatic hydroxyl groups excluding tert-OH is 1. The molecule has 0 bridgehead atoms. The average Bonchev–Trinajstić information content (AvgIpc) is 2.77. The van der Waals surface area contributed by atoms with Gasteiger partial charge in [-0.3, -0.25) is 0 Å². The van der Waals surface area contributed by atoms with E-state index >= 15 is 0 Å². The van der Waals surface area contributed by atoms with Crippen molar-refractivity contribution in [3.05, 3.63) is 41.3 Å². The topological polar surface area (TPSA) is 47.3 Å². The Morgan fingerprint density at radius 3 is 2.50 bits per heavy atom. The third-order valence-electron chi connectivity index (χ3n) is 2.78. The number of benzene rings is 1. The lowest BCUT2D eigenvalue weighted by Gasteiger charge is -2.06. The molecular weight excluding hydrogens is 235 g/mol. The minimum absolute atomic E-state index is 0.131. The largest absolute Gasteiger partial charge is 0.481 e. The summed E-state index contributed by atoms with van der Waals surface area (Å²) >= 11 is 0. The summed E-state index contributed by atoms with van der Waals surface area (Å²) in [5, 5.41) is 13.8. The van der Waals surface area contributed by atoms with Gasteiger partial charge in [0, 0.05) is 0 Å². The summed E-state index contributed by atoms with van der Waals surface area (Å²) in [5.41, 5.74) is 2.14. The molecule has 0 fully saturated rings. The highest BCUT2D eigenvalue weighted by Crippen LogP contribution is 2.26. The van der Waals surface area contributed by atoms with Gasteiger partial charge in [0.15, 0.2) is 0 Å². The van der Waals surface area contributed by atoms with Gasteiger partial charge in [0.1, 0.15) is 5.82 Å². The summed E-state index contributed by atoms with van der Waals surface area (Å²) in [7, 11) is 1.52. The number of aryl methyl sites for hydroxylation is 1. The molecule has 1 aromatic heterocycles. The SMILES string of the molecule is CCc1nn(-c2ccc(F)cc2)c(OC)c1CO. The van der Waals surface area contributed by atoms with E-state index in [2.05, 4.69) is 5.10 Å². The molecule has 0 saturated heterocycles. The van der Waals surface area contributed by atoms with Crippen LogP contribution in [0.15, 0.2) is 24.3 Å². The number of aromatic nitrogens is 2. The molecule has 5 heteroatoms. The second-order valence-electron chi connectivity index (χ2n) is 3.83. The van der Waals surface area contributed by atoms with Gasteiger partial charge in [-0.05, 0) is 30.7 Å². The lowest BCUT2D eigenvalue weighted by Crippen LogP contribution is -2.00. The molecule has 0 spiro atoms. The maximum atomic E-state index is 12.9. The number of nitrogens with zero attached hydrogens (tertiary/aromatic N) is 2. The van der Waals surface area contributed by atoms with Gasteiger partial charge < -0.3 is 9.84 Å². The number of ether oxygens (including phenoxy) is 1. The van der Waals surface area contributed by atoms with Crippen molar-refractivity contribution in [2.24, 2.45) is 0 Å². The number of hydrogen-bond donors (Lipinski definition) is 1. The molecule has 1 N–H and O–H groups in total. The van der Waals surface area contributed by atoms with Gasteiger partial charge in [-0.1, -0.05) is 6.92 Å². The Bertz CT molecular complexity index is 535. The smallest absolute Gasteiger partial charge is 0.222 e. The van der Waals surface area contributed by atoms with Crippen LogP contribution < -0.4 is 4.74 Å². The third-order valence-corrected chi connectivity index (χ3v) is 2.78. The van der Waals surface area contributed by atoms with Crippen LogP contribution in [0.1, 0.15) is 18.2 Å². The molecule has 0 atom stereocenters. The van der Waals surface area contributed by atoms with Crippen molar-refractivity contribution in [2.45, 2.75) is 20.0 Å². The fourth-order valence-corrected chi connectivity index (χ4v) is 1.89. The van der Waals surface area contributed by atoms with E-state index in [0.717, 1.165) is 5.69 Å². The molecule has 0 unspecified atom stereocenters. The van der Waals surface area contributed by atoms with Crippen molar-refractivity contribution >= 4 is 0 Å². The number of halogens is 1. The van der Waals surface area contributed by atoms with E-state index in [1.807, 2.05) is 6.92 Å². The molecule has 1 heterocycles. The first-order chi connectivity index (χ1) is 8.71. The number of aliphatic hydroxyl groups is 1. The predicted octanol–water partition coefficient (Wildman–Crippen LogP) is 2.07. The van der Waals surface area contributed by atoms with Gasteiger partial charge in [-0.15, -0.1) is 0 Å². The molecule has 96 valence electrons. The fourth-order valence-electron chi connectivity index (χ4n) is 1.89. The van der Waals surface area contributed by atoms with Crippen LogP contribution in [0.25, 0.3) is 5.69 Å². The second-order valence-corrected chi connectivity index (χ2v) is 3.83. The first kappa shape index (κ1) is 12.6. The quantitative estimate of drug-likeness (QED) is 0.903. The number of methoxy groups -OCH3 is 1. The Balaban J connectivity index is 2.56. The van der Waals surface area contributed by atoms with Crippen molar-refractivity contribution < 1.29 is 14.2 Å². The van der Waals surface area contributed by atoms with E-state index in [0.29, 0.717) is 23.6 Å². The predicted molar refractivity (Wildman–Crippen MR) is 65.4 cm³/mol. The maximum absolute atomic E-state index is 12.9. The van der Waals surface area contributed by atoms with Crippen LogP contribution >= 0.6 is 0 Å². The van der Waals surface area contributed by atoms with Crippen LogP contribution in [0.2, 0.25) is 0 Å². The Kier molecular flexibility index (Phi) is 3.62. The maximum Gasteiger partial charge on any atom is 0.222 e. The molecule has 18 heavy (non-hydrogen) atoms. The summed E-state index contributed by atoms with van der Waals surface area (Å²) < 4.78 is 19.8. The first-order valence-corrected chi connectivity index (χ1v) is 5.72. The van der Waals surface area contributed by atoms with Gasteiger partial charge in [0.05, 0.1) is 30.7 Å². The third kappa shape index (κ3) is 2.09. The molecule has 0 radical (unpaired) electrons. The lowest BCUT2D eigenvalue weighted by atomic mass is 10.2. The highest BCUT2D eigenvalue weighted by atomic mass is 19.1. The first-order valence-electron chi connectivity index (χ1n) is 5.72. The van der Waals surface area contributed by atoms with Gasteiger partial charge in [0.25, 0.3) is 0 Å². The van der Waals surface area contributed by atoms with Crippen molar-refractivity contribution in [3.63, 3.8) is 0 Å². The molecule has 0 aliphatic heterocycles. The van der Waals surface area contributed by atoms with Crippen LogP contribution in [0.3, 0.4) is 0 Å². The van der Waals surface area contributed by atoms with E-state index in [1.54, 1.807) is 16.8 Å². The Hall–Kier alpha value is -1.88. The standard InChI is InChI=1S/C13H15FN2O2/c1-3-12-11(8-17)13(18-2)16(15-12)10-6-4-9(14)5-7-10/h4-7,17H,3,8H2,1-2H3. The Morgan fingerprint density at radius 2 is 2.00 bits per heavy atom. The summed E-state index contributed by atoms with van der Waals surface area (Å²) in [6, 6.07) is 5.96. The van der Waals surface area contributed by atoms with Gasteiger partial charge >= 0.3 is 0 Å². The zero-order valence-electron chi connectivity index (χ0n) is 10.4. The van der Waals surface area contributed by atoms with E-state index in [-0.39, 0.29) is 12.4 Å². The van der Waals surface area contributed by atoms with Gasteiger partial charge in [-0.2, -0.15) is 5.10 Å². The summed E-state index contributed by atoms with van der Waals surface area (Å²) in [6.45, 7) is 1.82. The molecule has 0 aliphatic rings. The monoisotopic (exact) mass is 250 g/mol. The normalized spacial score (nSPS) is 10.7. The zero-order valence-corrected chi connectivity index (χ0v) is 10.4. The molecule has 4 nitrogen and oxygen atoms in total. The Morgan fingerprint density at radius 1 is 1.33 bits per heavy atom. The molecule has 0 saturated carbocycles. The van der Waals surface area contributed by atoms with E-state index in [9.17, 15) is 9.50 Å². The van der Waals surface area contributed by atoms with Crippen LogP contribution in [0.5, 0.6) is 5.88 Å². The van der Waals surface area contributed by atoms with Crippen molar-refractivity contribution in [2.75, 3.05) is 7.11 Å².